The van der Waals surface area contributed by atoms with E-state index in [0.29, 0.717) is 5.02 Å². The molecule has 0 aliphatic carbocycles. The Morgan fingerprint density at radius 1 is 1.38 bits per heavy atom. The highest BCUT2D eigenvalue weighted by molar-refractivity contribution is 6.30. The summed E-state index contributed by atoms with van der Waals surface area (Å²) >= 11 is 5.84. The molecule has 5 heteroatoms. The van der Waals surface area contributed by atoms with Crippen molar-refractivity contribution in [3.63, 3.8) is 0 Å². The topological polar surface area (TPSA) is 44.4 Å². The van der Waals surface area contributed by atoms with Crippen molar-refractivity contribution in [3.8, 4) is 0 Å². The van der Waals surface area contributed by atoms with Crippen molar-refractivity contribution in [2.24, 2.45) is 0 Å². The quantitative estimate of drug-likeness (QED) is 0.785. The summed E-state index contributed by atoms with van der Waals surface area (Å²) in [6.45, 7) is 3.19. The molecule has 0 atom stereocenters. The molecule has 0 radical (unpaired) electrons. The largest absolute Gasteiger partial charge is 0.322 e. The van der Waals surface area contributed by atoms with Gasteiger partial charge in [0.15, 0.2) is 0 Å². The second-order valence-electron chi connectivity index (χ2n) is 3.68. The zero-order valence-corrected chi connectivity index (χ0v) is 9.63. The molecule has 16 heavy (non-hydrogen) atoms. The Balaban J connectivity index is 1.96. The van der Waals surface area contributed by atoms with Crippen molar-refractivity contribution in [2.45, 2.75) is 0 Å². The zero-order valence-electron chi connectivity index (χ0n) is 8.87. The highest BCUT2D eigenvalue weighted by atomic mass is 35.5. The molecule has 1 fully saturated rings. The molecule has 1 aliphatic rings. The van der Waals surface area contributed by atoms with Crippen LogP contribution in [0.25, 0.3) is 0 Å². The highest BCUT2D eigenvalue weighted by Crippen LogP contribution is 2.15. The third kappa shape index (κ3) is 2.87. The first-order chi connectivity index (χ1) is 7.75. The average Bonchev–Trinajstić information content (AvgIpc) is 2.30. The number of urea groups is 1. The van der Waals surface area contributed by atoms with Crippen LogP contribution < -0.4 is 10.6 Å². The van der Waals surface area contributed by atoms with E-state index in [0.717, 1.165) is 31.9 Å². The number of rotatable bonds is 1. The second-order valence-corrected chi connectivity index (χ2v) is 4.11. The standard InChI is InChI=1S/C11H14ClN3O/c12-9-2-1-3-10(8-9)14-11(16)15-6-4-13-5-7-15/h1-3,8,13H,4-7H2,(H,14,16). The Bertz CT molecular complexity index is 377. The third-order valence-corrected chi connectivity index (χ3v) is 2.72. The van der Waals surface area contributed by atoms with E-state index in [1.807, 2.05) is 12.1 Å². The van der Waals surface area contributed by atoms with Gasteiger partial charge < -0.3 is 15.5 Å². The average molecular weight is 240 g/mol. The lowest BCUT2D eigenvalue weighted by atomic mass is 10.3. The molecule has 2 amide bonds. The molecule has 2 rings (SSSR count). The second kappa shape index (κ2) is 5.18. The lowest BCUT2D eigenvalue weighted by molar-refractivity contribution is 0.204. The summed E-state index contributed by atoms with van der Waals surface area (Å²) in [5.41, 5.74) is 0.732. The Labute approximate surface area is 99.6 Å². The number of nitrogens with one attached hydrogen (secondary N) is 2. The van der Waals surface area contributed by atoms with Crippen LogP contribution in [0.15, 0.2) is 24.3 Å². The van der Waals surface area contributed by atoms with Crippen LogP contribution in [-0.4, -0.2) is 37.1 Å². The molecule has 0 unspecified atom stereocenters. The monoisotopic (exact) mass is 239 g/mol. The van der Waals surface area contributed by atoms with E-state index < -0.39 is 0 Å². The van der Waals surface area contributed by atoms with Crippen LogP contribution in [0.2, 0.25) is 5.02 Å². The molecule has 0 aromatic heterocycles. The van der Waals surface area contributed by atoms with Gasteiger partial charge in [0.25, 0.3) is 0 Å². The van der Waals surface area contributed by atoms with Crippen molar-refractivity contribution in [2.75, 3.05) is 31.5 Å². The number of hydrogen-bond acceptors (Lipinski definition) is 2. The maximum absolute atomic E-state index is 11.8. The zero-order chi connectivity index (χ0) is 11.4. The summed E-state index contributed by atoms with van der Waals surface area (Å²) in [5, 5.41) is 6.65. The van der Waals surface area contributed by atoms with E-state index in [9.17, 15) is 4.79 Å². The SMILES string of the molecule is O=C(Nc1cccc(Cl)c1)N1CCNCC1. The van der Waals surface area contributed by atoms with Crippen LogP contribution in [0.5, 0.6) is 0 Å². The predicted molar refractivity (Wildman–Crippen MR) is 64.9 cm³/mol. The molecular formula is C11H14ClN3O. The van der Waals surface area contributed by atoms with E-state index in [1.54, 1.807) is 17.0 Å². The minimum Gasteiger partial charge on any atom is -0.322 e. The van der Waals surface area contributed by atoms with Gasteiger partial charge in [-0.25, -0.2) is 4.79 Å². The van der Waals surface area contributed by atoms with Crippen LogP contribution in [0, 0.1) is 0 Å². The van der Waals surface area contributed by atoms with Gasteiger partial charge in [0.05, 0.1) is 0 Å². The number of anilines is 1. The smallest absolute Gasteiger partial charge is 0.321 e. The van der Waals surface area contributed by atoms with Gasteiger partial charge in [-0.15, -0.1) is 0 Å². The van der Waals surface area contributed by atoms with Gasteiger partial charge in [0.1, 0.15) is 0 Å². The lowest BCUT2D eigenvalue weighted by Gasteiger charge is -2.27. The number of carbonyl (C=O) groups excluding carboxylic acids is 1. The molecule has 1 aromatic rings. The van der Waals surface area contributed by atoms with Crippen molar-refractivity contribution in [3.05, 3.63) is 29.3 Å². The number of carbonyl (C=O) groups is 1. The molecule has 1 saturated heterocycles. The van der Waals surface area contributed by atoms with Gasteiger partial charge in [-0.2, -0.15) is 0 Å². The van der Waals surface area contributed by atoms with Gasteiger partial charge in [-0.1, -0.05) is 17.7 Å². The molecule has 2 N–H and O–H groups in total. The van der Waals surface area contributed by atoms with Crippen LogP contribution >= 0.6 is 11.6 Å². The van der Waals surface area contributed by atoms with Gasteiger partial charge in [0.2, 0.25) is 0 Å². The summed E-state index contributed by atoms with van der Waals surface area (Å²) in [7, 11) is 0. The maximum Gasteiger partial charge on any atom is 0.321 e. The van der Waals surface area contributed by atoms with Gasteiger partial charge in [-0.05, 0) is 18.2 Å². The van der Waals surface area contributed by atoms with Crippen molar-refractivity contribution in [1.29, 1.82) is 0 Å². The summed E-state index contributed by atoms with van der Waals surface area (Å²) in [6.07, 6.45) is 0. The number of benzene rings is 1. The van der Waals surface area contributed by atoms with Crippen molar-refractivity contribution in [1.82, 2.24) is 10.2 Å². The fourth-order valence-electron chi connectivity index (χ4n) is 1.64. The Hall–Kier alpha value is -1.26. The van der Waals surface area contributed by atoms with Crippen molar-refractivity contribution < 1.29 is 4.79 Å². The third-order valence-electron chi connectivity index (χ3n) is 2.48. The lowest BCUT2D eigenvalue weighted by Crippen LogP contribution is -2.48. The molecule has 1 aromatic carbocycles. The molecule has 1 aliphatic heterocycles. The minimum absolute atomic E-state index is 0.0660. The maximum atomic E-state index is 11.8. The molecule has 0 saturated carbocycles. The number of halogens is 1. The van der Waals surface area contributed by atoms with Crippen LogP contribution in [0.3, 0.4) is 0 Å². The van der Waals surface area contributed by atoms with Crippen LogP contribution in [0.1, 0.15) is 0 Å². The summed E-state index contributed by atoms with van der Waals surface area (Å²) < 4.78 is 0. The van der Waals surface area contributed by atoms with Crippen LogP contribution in [-0.2, 0) is 0 Å². The number of piperazine rings is 1. The molecular weight excluding hydrogens is 226 g/mol. The van der Waals surface area contributed by atoms with E-state index in [-0.39, 0.29) is 6.03 Å². The Morgan fingerprint density at radius 2 is 2.12 bits per heavy atom. The summed E-state index contributed by atoms with van der Waals surface area (Å²) in [6, 6.07) is 7.09. The highest BCUT2D eigenvalue weighted by Gasteiger charge is 2.15. The molecule has 0 spiro atoms. The normalized spacial score (nSPS) is 15.9. The molecule has 4 nitrogen and oxygen atoms in total. The first-order valence-electron chi connectivity index (χ1n) is 5.28. The molecule has 1 heterocycles. The Kier molecular flexibility index (Phi) is 3.64. The first kappa shape index (κ1) is 11.2. The minimum atomic E-state index is -0.0660. The van der Waals surface area contributed by atoms with E-state index in [1.165, 1.54) is 0 Å². The summed E-state index contributed by atoms with van der Waals surface area (Å²) in [4.78, 5) is 13.6. The van der Waals surface area contributed by atoms with Gasteiger partial charge >= 0.3 is 6.03 Å². The van der Waals surface area contributed by atoms with Crippen LogP contribution in [0.4, 0.5) is 10.5 Å². The van der Waals surface area contributed by atoms with E-state index in [2.05, 4.69) is 10.6 Å². The van der Waals surface area contributed by atoms with E-state index in [4.69, 9.17) is 11.6 Å². The Morgan fingerprint density at radius 3 is 2.81 bits per heavy atom. The fraction of sp³-hybridized carbons (Fsp3) is 0.364. The number of nitrogens with zero attached hydrogens (tertiary/aromatic N) is 1. The van der Waals surface area contributed by atoms with Gasteiger partial charge in [-0.3, -0.25) is 0 Å². The summed E-state index contributed by atoms with van der Waals surface area (Å²) in [5.74, 6) is 0. The van der Waals surface area contributed by atoms with E-state index >= 15 is 0 Å². The number of amides is 2. The fourth-order valence-corrected chi connectivity index (χ4v) is 1.83. The number of hydrogen-bond donors (Lipinski definition) is 2. The first-order valence-corrected chi connectivity index (χ1v) is 5.66. The molecule has 86 valence electrons. The predicted octanol–water partition coefficient (Wildman–Crippen LogP) is 1.78. The molecule has 0 bridgehead atoms. The van der Waals surface area contributed by atoms with Crippen molar-refractivity contribution >= 4 is 23.3 Å². The van der Waals surface area contributed by atoms with Gasteiger partial charge in [0, 0.05) is 36.9 Å².